The van der Waals surface area contributed by atoms with Gasteiger partial charge < -0.3 is 14.6 Å². The van der Waals surface area contributed by atoms with Gasteiger partial charge in [-0.15, -0.1) is 6.58 Å². The Morgan fingerprint density at radius 1 is 1.11 bits per heavy atom. The van der Waals surface area contributed by atoms with Crippen LogP contribution in [0.4, 0.5) is 0 Å². The van der Waals surface area contributed by atoms with Crippen LogP contribution in [0.2, 0.25) is 0 Å². The Morgan fingerprint density at radius 2 is 1.86 bits per heavy atom. The van der Waals surface area contributed by atoms with Crippen LogP contribution in [0.15, 0.2) is 89.3 Å². The van der Waals surface area contributed by atoms with E-state index < -0.39 is 12.6 Å². The number of nitrogens with zero attached hydrogens (tertiary/aromatic N) is 3. The van der Waals surface area contributed by atoms with Gasteiger partial charge in [-0.25, -0.2) is 9.78 Å². The van der Waals surface area contributed by atoms with E-state index in [1.54, 1.807) is 42.6 Å². The monoisotopic (exact) mass is 483 g/mol. The largest absolute Gasteiger partial charge is 0.490 e. The number of para-hydroxylation sites is 1. The number of fused-ring (bicyclic) bond motifs is 1. The van der Waals surface area contributed by atoms with Crippen LogP contribution in [-0.2, 0) is 11.2 Å². The topological polar surface area (TPSA) is 103 Å². The predicted octanol–water partition coefficient (Wildman–Crippen LogP) is 4.54. The maximum atomic E-state index is 13.4. The van der Waals surface area contributed by atoms with Gasteiger partial charge in [0.25, 0.3) is 5.56 Å². The van der Waals surface area contributed by atoms with Gasteiger partial charge in [0.1, 0.15) is 0 Å². The molecule has 0 saturated carbocycles. The quantitative estimate of drug-likeness (QED) is 0.262. The van der Waals surface area contributed by atoms with Crippen molar-refractivity contribution in [1.82, 2.24) is 9.66 Å². The van der Waals surface area contributed by atoms with E-state index in [2.05, 4.69) is 11.7 Å². The molecule has 0 atom stereocenters. The van der Waals surface area contributed by atoms with E-state index in [9.17, 15) is 9.59 Å². The zero-order valence-electron chi connectivity index (χ0n) is 19.8. The molecule has 1 N–H and O–H groups in total. The van der Waals surface area contributed by atoms with E-state index in [1.165, 1.54) is 4.68 Å². The van der Waals surface area contributed by atoms with Crippen molar-refractivity contribution in [2.24, 2.45) is 5.10 Å². The van der Waals surface area contributed by atoms with Crippen LogP contribution >= 0.6 is 0 Å². The van der Waals surface area contributed by atoms with E-state index in [0.29, 0.717) is 52.4 Å². The molecule has 0 fully saturated rings. The van der Waals surface area contributed by atoms with E-state index in [4.69, 9.17) is 19.6 Å². The molecule has 0 aliphatic rings. The Bertz CT molecular complexity index is 1490. The number of carboxylic acids is 1. The number of carboxylic acid groups (broad SMARTS) is 1. The number of aromatic nitrogens is 2. The smallest absolute Gasteiger partial charge is 0.341 e. The molecule has 0 saturated heterocycles. The first kappa shape index (κ1) is 24.4. The van der Waals surface area contributed by atoms with Gasteiger partial charge in [0, 0.05) is 11.1 Å². The van der Waals surface area contributed by atoms with Crippen LogP contribution < -0.4 is 15.0 Å². The molecule has 4 aromatic rings. The highest BCUT2D eigenvalue weighted by molar-refractivity contribution is 5.83. The third-order valence-electron chi connectivity index (χ3n) is 5.27. The first-order valence-corrected chi connectivity index (χ1v) is 11.4. The summed E-state index contributed by atoms with van der Waals surface area (Å²) in [6, 6.07) is 20.0. The Labute approximate surface area is 207 Å². The van der Waals surface area contributed by atoms with Crippen LogP contribution in [0.25, 0.3) is 22.3 Å². The Kier molecular flexibility index (Phi) is 7.55. The molecule has 0 unspecified atom stereocenters. The van der Waals surface area contributed by atoms with E-state index in [1.807, 2.05) is 43.3 Å². The third kappa shape index (κ3) is 5.33. The average molecular weight is 484 g/mol. The second-order valence-corrected chi connectivity index (χ2v) is 7.80. The summed E-state index contributed by atoms with van der Waals surface area (Å²) < 4.78 is 12.5. The number of allylic oxidation sites excluding steroid dienone is 1. The first-order chi connectivity index (χ1) is 17.5. The van der Waals surface area contributed by atoms with Crippen molar-refractivity contribution < 1.29 is 19.4 Å². The summed E-state index contributed by atoms with van der Waals surface area (Å²) >= 11 is 0. The molecule has 1 aromatic heterocycles. The summed E-state index contributed by atoms with van der Waals surface area (Å²) in [5.74, 6) is 0.0372. The van der Waals surface area contributed by atoms with Gasteiger partial charge in [-0.1, -0.05) is 48.5 Å². The van der Waals surface area contributed by atoms with Gasteiger partial charge in [0.05, 0.1) is 23.7 Å². The number of aliphatic carboxylic acids is 1. The number of hydrogen-bond acceptors (Lipinski definition) is 6. The minimum atomic E-state index is -1.09. The fraction of sp³-hybridized carbons (Fsp3) is 0.143. The number of benzene rings is 3. The molecule has 182 valence electrons. The predicted molar refractivity (Wildman–Crippen MR) is 139 cm³/mol. The number of carbonyl (C=O) groups is 1. The van der Waals surface area contributed by atoms with Gasteiger partial charge in [0.2, 0.25) is 0 Å². The maximum absolute atomic E-state index is 13.4. The first-order valence-electron chi connectivity index (χ1n) is 11.4. The Hall–Kier alpha value is -4.72. The highest BCUT2D eigenvalue weighted by atomic mass is 16.5. The van der Waals surface area contributed by atoms with Crippen molar-refractivity contribution in [3.05, 3.63) is 101 Å². The summed E-state index contributed by atoms with van der Waals surface area (Å²) in [4.78, 5) is 29.2. The van der Waals surface area contributed by atoms with Crippen molar-refractivity contribution >= 4 is 23.1 Å². The van der Waals surface area contributed by atoms with Crippen LogP contribution in [0.3, 0.4) is 0 Å². The number of ether oxygens (including phenoxy) is 2. The lowest BCUT2D eigenvalue weighted by Gasteiger charge is -2.15. The summed E-state index contributed by atoms with van der Waals surface area (Å²) in [6.07, 6.45) is 3.65. The van der Waals surface area contributed by atoms with Gasteiger partial charge in [-0.05, 0) is 43.2 Å². The molecule has 8 heteroatoms. The van der Waals surface area contributed by atoms with Crippen LogP contribution in [0.1, 0.15) is 18.1 Å². The van der Waals surface area contributed by atoms with Crippen molar-refractivity contribution in [3.63, 3.8) is 0 Å². The van der Waals surface area contributed by atoms with Crippen molar-refractivity contribution in [1.29, 1.82) is 0 Å². The van der Waals surface area contributed by atoms with E-state index >= 15 is 0 Å². The fourth-order valence-electron chi connectivity index (χ4n) is 3.75. The van der Waals surface area contributed by atoms with Gasteiger partial charge in [-0.2, -0.15) is 9.78 Å². The maximum Gasteiger partial charge on any atom is 0.341 e. The molecular formula is C28H25N3O5. The SMILES string of the molecule is C=CCc1cc(C=Nn2c(-c3ccccc3)nc3ccccc3c2=O)cc(OCC)c1OCC(=O)O. The second-order valence-electron chi connectivity index (χ2n) is 7.80. The molecule has 8 nitrogen and oxygen atoms in total. The lowest BCUT2D eigenvalue weighted by molar-refractivity contribution is -0.139. The summed E-state index contributed by atoms with van der Waals surface area (Å²) in [6.45, 7) is 5.44. The molecule has 0 amide bonds. The molecular weight excluding hydrogens is 458 g/mol. The normalized spacial score (nSPS) is 11.0. The summed E-state index contributed by atoms with van der Waals surface area (Å²) in [7, 11) is 0. The van der Waals surface area contributed by atoms with E-state index in [0.717, 1.165) is 5.56 Å². The lowest BCUT2D eigenvalue weighted by Crippen LogP contribution is -2.20. The van der Waals surface area contributed by atoms with Crippen LogP contribution in [0, 0.1) is 0 Å². The van der Waals surface area contributed by atoms with Gasteiger partial charge in [-0.3, -0.25) is 4.79 Å². The van der Waals surface area contributed by atoms with Crippen molar-refractivity contribution in [3.8, 4) is 22.9 Å². The molecule has 1 heterocycles. The van der Waals surface area contributed by atoms with Crippen molar-refractivity contribution in [2.45, 2.75) is 13.3 Å². The number of rotatable bonds is 10. The molecule has 0 spiro atoms. The second kappa shape index (κ2) is 11.1. The standard InChI is InChI=1S/C28H25N3O5/c1-3-10-21-15-19(16-24(35-4-2)26(21)36-18-25(32)33)17-29-31-27(20-11-6-5-7-12-20)30-23-14-9-8-13-22(23)28(31)34/h3,5-9,11-17H,1,4,10,18H2,2H3,(H,32,33). The van der Waals surface area contributed by atoms with Crippen LogP contribution in [-0.4, -0.2) is 40.2 Å². The molecule has 36 heavy (non-hydrogen) atoms. The van der Waals surface area contributed by atoms with Crippen molar-refractivity contribution in [2.75, 3.05) is 13.2 Å². The highest BCUT2D eigenvalue weighted by Gasteiger charge is 2.15. The summed E-state index contributed by atoms with van der Waals surface area (Å²) in [5, 5.41) is 14.0. The fourth-order valence-corrected chi connectivity index (χ4v) is 3.75. The van der Waals surface area contributed by atoms with Gasteiger partial charge >= 0.3 is 5.97 Å². The Balaban J connectivity index is 1.85. The molecule has 0 aliphatic heterocycles. The minimum absolute atomic E-state index is 0.298. The zero-order chi connectivity index (χ0) is 25.5. The number of hydrogen-bond donors (Lipinski definition) is 1. The molecule has 0 bridgehead atoms. The van der Waals surface area contributed by atoms with Crippen LogP contribution in [0.5, 0.6) is 11.5 Å². The Morgan fingerprint density at radius 3 is 2.58 bits per heavy atom. The van der Waals surface area contributed by atoms with E-state index in [-0.39, 0.29) is 5.56 Å². The molecule has 0 radical (unpaired) electrons. The highest BCUT2D eigenvalue weighted by Crippen LogP contribution is 2.33. The molecule has 4 rings (SSSR count). The summed E-state index contributed by atoms with van der Waals surface area (Å²) in [5.41, 5.74) is 2.35. The third-order valence-corrected chi connectivity index (χ3v) is 5.27. The van der Waals surface area contributed by atoms with Gasteiger partial charge in [0.15, 0.2) is 23.9 Å². The average Bonchev–Trinajstić information content (AvgIpc) is 2.88. The lowest BCUT2D eigenvalue weighted by atomic mass is 10.1. The molecule has 0 aliphatic carbocycles. The minimum Gasteiger partial charge on any atom is -0.490 e. The zero-order valence-corrected chi connectivity index (χ0v) is 19.8. The molecule has 3 aromatic carbocycles.